The summed E-state index contributed by atoms with van der Waals surface area (Å²) >= 11 is 0. The topological polar surface area (TPSA) is 78.9 Å². The average Bonchev–Trinajstić information content (AvgIpc) is 2.42. The SMILES string of the molecule is CC(=O)c1cc(Nc2ccc(F)c(C#N)c2)ccc1N. The van der Waals surface area contributed by atoms with Crippen LogP contribution in [0.15, 0.2) is 36.4 Å². The highest BCUT2D eigenvalue weighted by Crippen LogP contribution is 2.23. The maximum atomic E-state index is 13.2. The molecule has 3 N–H and O–H groups in total. The van der Waals surface area contributed by atoms with Crippen LogP contribution >= 0.6 is 0 Å². The molecule has 0 aliphatic heterocycles. The first kappa shape index (κ1) is 13.6. The molecule has 0 saturated heterocycles. The molecule has 0 saturated carbocycles. The lowest BCUT2D eigenvalue weighted by Gasteiger charge is -2.09. The number of nitriles is 1. The zero-order chi connectivity index (χ0) is 14.7. The summed E-state index contributed by atoms with van der Waals surface area (Å²) < 4.78 is 13.2. The van der Waals surface area contributed by atoms with Crippen molar-refractivity contribution >= 4 is 22.8 Å². The fraction of sp³-hybridized carbons (Fsp3) is 0.0667. The summed E-state index contributed by atoms with van der Waals surface area (Å²) in [6.45, 7) is 1.43. The van der Waals surface area contributed by atoms with Crippen LogP contribution in [0.1, 0.15) is 22.8 Å². The summed E-state index contributed by atoms with van der Waals surface area (Å²) in [4.78, 5) is 11.4. The van der Waals surface area contributed by atoms with E-state index >= 15 is 0 Å². The van der Waals surface area contributed by atoms with Crippen molar-refractivity contribution in [2.45, 2.75) is 6.92 Å². The predicted molar refractivity (Wildman–Crippen MR) is 75.3 cm³/mol. The van der Waals surface area contributed by atoms with E-state index in [0.717, 1.165) is 0 Å². The number of nitrogen functional groups attached to an aromatic ring is 1. The molecule has 0 aromatic heterocycles. The number of nitrogens with two attached hydrogens (primary N) is 1. The molecule has 0 radical (unpaired) electrons. The van der Waals surface area contributed by atoms with Crippen molar-refractivity contribution in [3.8, 4) is 6.07 Å². The van der Waals surface area contributed by atoms with Gasteiger partial charge in [0.2, 0.25) is 0 Å². The predicted octanol–water partition coefficient (Wildman–Crippen LogP) is 3.23. The van der Waals surface area contributed by atoms with Gasteiger partial charge in [-0.3, -0.25) is 4.79 Å². The first-order valence-corrected chi connectivity index (χ1v) is 5.88. The van der Waals surface area contributed by atoms with Crippen LogP contribution in [0, 0.1) is 17.1 Å². The van der Waals surface area contributed by atoms with Crippen molar-refractivity contribution in [2.24, 2.45) is 0 Å². The highest BCUT2D eigenvalue weighted by Gasteiger charge is 2.07. The van der Waals surface area contributed by atoms with Gasteiger partial charge < -0.3 is 11.1 Å². The smallest absolute Gasteiger partial charge is 0.161 e. The van der Waals surface area contributed by atoms with E-state index in [9.17, 15) is 9.18 Å². The van der Waals surface area contributed by atoms with Crippen LogP contribution in [0.3, 0.4) is 0 Å². The summed E-state index contributed by atoms with van der Waals surface area (Å²) in [5.41, 5.74) is 7.68. The van der Waals surface area contributed by atoms with Crippen molar-refractivity contribution in [1.29, 1.82) is 5.26 Å². The number of carbonyl (C=O) groups is 1. The molecule has 2 aromatic carbocycles. The Kier molecular flexibility index (Phi) is 3.67. The Morgan fingerprint density at radius 1 is 1.25 bits per heavy atom. The minimum absolute atomic E-state index is 0.0442. The van der Waals surface area contributed by atoms with Crippen LogP contribution < -0.4 is 11.1 Å². The number of rotatable bonds is 3. The number of nitrogens with zero attached hydrogens (tertiary/aromatic N) is 1. The molecule has 5 heteroatoms. The quantitative estimate of drug-likeness (QED) is 0.662. The summed E-state index contributed by atoms with van der Waals surface area (Å²) in [6.07, 6.45) is 0. The van der Waals surface area contributed by atoms with E-state index in [1.54, 1.807) is 24.3 Å². The lowest BCUT2D eigenvalue weighted by atomic mass is 10.1. The lowest BCUT2D eigenvalue weighted by molar-refractivity contribution is 0.101. The number of hydrogen-bond donors (Lipinski definition) is 2. The molecule has 4 nitrogen and oxygen atoms in total. The van der Waals surface area contributed by atoms with Gasteiger partial charge in [-0.05, 0) is 43.3 Å². The molecule has 0 bridgehead atoms. The number of anilines is 3. The Morgan fingerprint density at radius 2 is 1.90 bits per heavy atom. The number of Topliss-reactive ketones (excluding diaryl/α,β-unsaturated/α-hetero) is 1. The fourth-order valence-corrected chi connectivity index (χ4v) is 1.79. The van der Waals surface area contributed by atoms with Gasteiger partial charge in [0, 0.05) is 22.6 Å². The second kappa shape index (κ2) is 5.41. The molecule has 100 valence electrons. The van der Waals surface area contributed by atoms with Gasteiger partial charge in [-0.25, -0.2) is 4.39 Å². The Morgan fingerprint density at radius 3 is 2.55 bits per heavy atom. The van der Waals surface area contributed by atoms with Gasteiger partial charge in [0.15, 0.2) is 5.78 Å². The summed E-state index contributed by atoms with van der Waals surface area (Å²) in [7, 11) is 0. The van der Waals surface area contributed by atoms with Crippen LogP contribution in [-0.4, -0.2) is 5.78 Å². The molecular formula is C15H12FN3O. The molecule has 0 amide bonds. The molecular weight excluding hydrogens is 257 g/mol. The summed E-state index contributed by atoms with van der Waals surface area (Å²) in [6, 6.07) is 10.8. The molecule has 2 aromatic rings. The number of halogens is 1. The van der Waals surface area contributed by atoms with E-state index in [1.807, 2.05) is 0 Å². The lowest BCUT2D eigenvalue weighted by Crippen LogP contribution is -2.01. The van der Waals surface area contributed by atoms with Crippen LogP contribution in [0.4, 0.5) is 21.5 Å². The largest absolute Gasteiger partial charge is 0.398 e. The average molecular weight is 269 g/mol. The standard InChI is InChI=1S/C15H12FN3O/c1-9(20)13-7-12(3-5-15(13)18)19-11-2-4-14(16)10(6-11)8-17/h2-7,19H,18H2,1H3. The van der Waals surface area contributed by atoms with Gasteiger partial charge in [0.1, 0.15) is 11.9 Å². The van der Waals surface area contributed by atoms with E-state index in [0.29, 0.717) is 22.6 Å². The zero-order valence-electron chi connectivity index (χ0n) is 10.8. The van der Waals surface area contributed by atoms with Crippen molar-refractivity contribution in [1.82, 2.24) is 0 Å². The van der Waals surface area contributed by atoms with Crippen LogP contribution in [0.5, 0.6) is 0 Å². The molecule has 0 aliphatic rings. The number of carbonyl (C=O) groups excluding carboxylic acids is 1. The maximum Gasteiger partial charge on any atom is 0.161 e. The van der Waals surface area contributed by atoms with Crippen molar-refractivity contribution in [2.75, 3.05) is 11.1 Å². The van der Waals surface area contributed by atoms with Gasteiger partial charge >= 0.3 is 0 Å². The maximum absolute atomic E-state index is 13.2. The molecule has 0 aliphatic carbocycles. The van der Waals surface area contributed by atoms with Crippen LogP contribution in [-0.2, 0) is 0 Å². The highest BCUT2D eigenvalue weighted by molar-refractivity contribution is 6.00. The Labute approximate surface area is 115 Å². The van der Waals surface area contributed by atoms with Gasteiger partial charge in [0.25, 0.3) is 0 Å². The van der Waals surface area contributed by atoms with Gasteiger partial charge in [-0.15, -0.1) is 0 Å². The third-order valence-electron chi connectivity index (χ3n) is 2.81. The monoisotopic (exact) mass is 269 g/mol. The van der Waals surface area contributed by atoms with E-state index in [1.165, 1.54) is 25.1 Å². The second-order valence-corrected chi connectivity index (χ2v) is 4.29. The highest BCUT2D eigenvalue weighted by atomic mass is 19.1. The minimum Gasteiger partial charge on any atom is -0.398 e. The third kappa shape index (κ3) is 2.75. The molecule has 0 unspecified atom stereocenters. The normalized spacial score (nSPS) is 9.85. The Bertz CT molecular complexity index is 720. The van der Waals surface area contributed by atoms with Crippen LogP contribution in [0.2, 0.25) is 0 Å². The Hall–Kier alpha value is -2.87. The van der Waals surface area contributed by atoms with Gasteiger partial charge in [-0.2, -0.15) is 5.26 Å². The van der Waals surface area contributed by atoms with Gasteiger partial charge in [-0.1, -0.05) is 0 Å². The van der Waals surface area contributed by atoms with Gasteiger partial charge in [0.05, 0.1) is 5.56 Å². The molecule has 0 heterocycles. The summed E-state index contributed by atoms with van der Waals surface area (Å²) in [5, 5.41) is 11.8. The first-order chi connectivity index (χ1) is 9.51. The number of nitrogens with one attached hydrogen (secondary N) is 1. The first-order valence-electron chi connectivity index (χ1n) is 5.88. The molecule has 0 atom stereocenters. The van der Waals surface area contributed by atoms with Crippen molar-refractivity contribution in [3.63, 3.8) is 0 Å². The number of ketones is 1. The molecule has 0 fully saturated rings. The zero-order valence-corrected chi connectivity index (χ0v) is 10.8. The molecule has 2 rings (SSSR count). The summed E-state index contributed by atoms with van der Waals surface area (Å²) in [5.74, 6) is -0.706. The van der Waals surface area contributed by atoms with Crippen molar-refractivity contribution in [3.05, 3.63) is 53.3 Å². The van der Waals surface area contributed by atoms with E-state index in [-0.39, 0.29) is 11.3 Å². The van der Waals surface area contributed by atoms with E-state index in [4.69, 9.17) is 11.0 Å². The second-order valence-electron chi connectivity index (χ2n) is 4.29. The molecule has 20 heavy (non-hydrogen) atoms. The Balaban J connectivity index is 2.33. The molecule has 0 spiro atoms. The third-order valence-corrected chi connectivity index (χ3v) is 2.81. The van der Waals surface area contributed by atoms with Crippen LogP contribution in [0.25, 0.3) is 0 Å². The van der Waals surface area contributed by atoms with Crippen molar-refractivity contribution < 1.29 is 9.18 Å². The fourth-order valence-electron chi connectivity index (χ4n) is 1.79. The number of benzene rings is 2. The minimum atomic E-state index is -0.570. The number of hydrogen-bond acceptors (Lipinski definition) is 4. The van der Waals surface area contributed by atoms with E-state index < -0.39 is 5.82 Å². The van der Waals surface area contributed by atoms with E-state index in [2.05, 4.69) is 5.32 Å².